The quantitative estimate of drug-likeness (QED) is 0.394. The topological polar surface area (TPSA) is 113 Å². The van der Waals surface area contributed by atoms with E-state index in [9.17, 15) is 14.0 Å². The van der Waals surface area contributed by atoms with E-state index in [1.165, 1.54) is 11.6 Å². The zero-order valence-corrected chi connectivity index (χ0v) is 18.9. The maximum Gasteiger partial charge on any atom is 0.267 e. The number of carbonyl (C=O) groups excluding carboxylic acids is 2. The summed E-state index contributed by atoms with van der Waals surface area (Å²) in [5.74, 6) is 0.313. The number of hydrogen-bond acceptors (Lipinski definition) is 7. The maximum atomic E-state index is 14.7. The summed E-state index contributed by atoms with van der Waals surface area (Å²) in [6, 6.07) is 16.3. The van der Waals surface area contributed by atoms with Crippen LogP contribution in [0, 0.1) is 5.82 Å². The van der Waals surface area contributed by atoms with Crippen molar-refractivity contribution >= 4 is 23.2 Å². The third kappa shape index (κ3) is 4.78. The minimum atomic E-state index is -0.529. The van der Waals surface area contributed by atoms with Gasteiger partial charge in [-0.3, -0.25) is 9.59 Å². The van der Waals surface area contributed by atoms with Crippen molar-refractivity contribution in [2.75, 3.05) is 6.79 Å². The van der Waals surface area contributed by atoms with Crippen LogP contribution in [0.4, 0.5) is 4.39 Å². The number of thiazole rings is 1. The smallest absolute Gasteiger partial charge is 0.267 e. The monoisotopic (exact) mass is 491 g/mol. The van der Waals surface area contributed by atoms with Gasteiger partial charge in [-0.15, -0.1) is 11.3 Å². The molecule has 35 heavy (non-hydrogen) atoms. The number of ether oxygens (including phenoxy) is 3. The number of halogens is 1. The lowest BCUT2D eigenvalue weighted by atomic mass is 10.0. The SMILES string of the molecule is NC(=O)c1ccc(-c2ccc(CNC(=O)c3scnc3Oc3ccc4c(c3)OCO4)c(F)c2)cc1. The Morgan fingerprint density at radius 2 is 1.80 bits per heavy atom. The van der Waals surface area contributed by atoms with Crippen molar-refractivity contribution in [2.45, 2.75) is 6.54 Å². The summed E-state index contributed by atoms with van der Waals surface area (Å²) in [4.78, 5) is 28.3. The van der Waals surface area contributed by atoms with Gasteiger partial charge in [-0.2, -0.15) is 0 Å². The molecule has 0 aliphatic carbocycles. The van der Waals surface area contributed by atoms with Crippen LogP contribution < -0.4 is 25.3 Å². The molecule has 0 saturated heterocycles. The summed E-state index contributed by atoms with van der Waals surface area (Å²) in [7, 11) is 0. The van der Waals surface area contributed by atoms with Crippen LogP contribution in [0.3, 0.4) is 0 Å². The molecule has 3 aromatic carbocycles. The third-order valence-corrected chi connectivity index (χ3v) is 6.10. The van der Waals surface area contributed by atoms with Crippen molar-refractivity contribution in [3.05, 3.63) is 88.0 Å². The maximum absolute atomic E-state index is 14.7. The van der Waals surface area contributed by atoms with Gasteiger partial charge in [-0.1, -0.05) is 24.3 Å². The van der Waals surface area contributed by atoms with Crippen LogP contribution in [0.15, 0.2) is 66.2 Å². The molecular formula is C25H18FN3O5S. The molecule has 0 saturated carbocycles. The van der Waals surface area contributed by atoms with Crippen LogP contribution in [0.1, 0.15) is 25.6 Å². The Bertz CT molecular complexity index is 1420. The number of carbonyl (C=O) groups is 2. The molecule has 3 N–H and O–H groups in total. The van der Waals surface area contributed by atoms with Crippen molar-refractivity contribution in [3.8, 4) is 34.3 Å². The first-order valence-corrected chi connectivity index (χ1v) is 11.3. The molecule has 5 rings (SSSR count). The second-order valence-electron chi connectivity index (χ2n) is 7.53. The number of amides is 2. The lowest BCUT2D eigenvalue weighted by molar-refractivity contribution is 0.0950. The average Bonchev–Trinajstić information content (AvgIpc) is 3.52. The Balaban J connectivity index is 1.24. The Morgan fingerprint density at radius 1 is 1.03 bits per heavy atom. The molecule has 1 aliphatic rings. The second kappa shape index (κ2) is 9.43. The van der Waals surface area contributed by atoms with Crippen molar-refractivity contribution in [2.24, 2.45) is 5.73 Å². The molecule has 4 aromatic rings. The number of nitrogens with two attached hydrogens (primary N) is 1. The van der Waals surface area contributed by atoms with Crippen molar-refractivity contribution in [3.63, 3.8) is 0 Å². The fourth-order valence-corrected chi connectivity index (χ4v) is 4.09. The van der Waals surface area contributed by atoms with Crippen molar-refractivity contribution in [1.82, 2.24) is 10.3 Å². The molecule has 2 amide bonds. The Hall–Kier alpha value is -4.44. The summed E-state index contributed by atoms with van der Waals surface area (Å²) in [6.07, 6.45) is 0. The standard InChI is InChI=1S/C25H18FN3O5S/c26-19-9-16(14-1-3-15(4-2-14)23(27)30)5-6-17(19)11-28-24(31)22-25(29-12-35-22)34-18-7-8-20-21(10-18)33-13-32-20/h1-10,12H,11,13H2,(H2,27,30)(H,28,31). The number of benzene rings is 3. The Kier molecular flexibility index (Phi) is 6.02. The highest BCUT2D eigenvalue weighted by Crippen LogP contribution is 2.37. The summed E-state index contributed by atoms with van der Waals surface area (Å²) in [5.41, 5.74) is 8.81. The molecular weight excluding hydrogens is 473 g/mol. The lowest BCUT2D eigenvalue weighted by Gasteiger charge is -2.09. The highest BCUT2D eigenvalue weighted by molar-refractivity contribution is 7.12. The summed E-state index contributed by atoms with van der Waals surface area (Å²) >= 11 is 1.11. The molecule has 176 valence electrons. The number of fused-ring (bicyclic) bond motifs is 1. The number of rotatable bonds is 7. The predicted molar refractivity (Wildman–Crippen MR) is 126 cm³/mol. The largest absolute Gasteiger partial charge is 0.454 e. The van der Waals surface area contributed by atoms with Gasteiger partial charge in [-0.25, -0.2) is 9.37 Å². The molecule has 10 heteroatoms. The van der Waals surface area contributed by atoms with Gasteiger partial charge in [0.15, 0.2) is 16.4 Å². The minimum absolute atomic E-state index is 0.0209. The van der Waals surface area contributed by atoms with Gasteiger partial charge in [0, 0.05) is 23.7 Å². The van der Waals surface area contributed by atoms with E-state index in [1.54, 1.807) is 54.6 Å². The number of nitrogens with one attached hydrogen (secondary N) is 1. The first-order chi connectivity index (χ1) is 17.0. The molecule has 0 spiro atoms. The van der Waals surface area contributed by atoms with Gasteiger partial charge in [0.25, 0.3) is 5.91 Å². The molecule has 0 bridgehead atoms. The molecule has 0 radical (unpaired) electrons. The molecule has 1 aromatic heterocycles. The number of aromatic nitrogens is 1. The molecule has 0 fully saturated rings. The lowest BCUT2D eigenvalue weighted by Crippen LogP contribution is -2.22. The van der Waals surface area contributed by atoms with Crippen LogP contribution in [0.2, 0.25) is 0 Å². The van der Waals surface area contributed by atoms with E-state index in [0.717, 1.165) is 16.9 Å². The van der Waals surface area contributed by atoms with E-state index in [2.05, 4.69) is 10.3 Å². The van der Waals surface area contributed by atoms with Crippen molar-refractivity contribution in [1.29, 1.82) is 0 Å². The van der Waals surface area contributed by atoms with E-state index in [1.807, 2.05) is 0 Å². The van der Waals surface area contributed by atoms with Gasteiger partial charge >= 0.3 is 0 Å². The third-order valence-electron chi connectivity index (χ3n) is 5.29. The summed E-state index contributed by atoms with van der Waals surface area (Å²) < 4.78 is 31.1. The van der Waals surface area contributed by atoms with E-state index in [-0.39, 0.29) is 24.1 Å². The zero-order valence-electron chi connectivity index (χ0n) is 18.1. The molecule has 2 heterocycles. The van der Waals surface area contributed by atoms with Crippen molar-refractivity contribution < 1.29 is 28.2 Å². The van der Waals surface area contributed by atoms with E-state index < -0.39 is 17.6 Å². The summed E-state index contributed by atoms with van der Waals surface area (Å²) in [5, 5.41) is 2.70. The van der Waals surface area contributed by atoms with Gasteiger partial charge in [0.2, 0.25) is 18.6 Å². The van der Waals surface area contributed by atoms with Crippen LogP contribution in [-0.2, 0) is 6.54 Å². The first kappa shape index (κ1) is 22.4. The van der Waals surface area contributed by atoms with Crippen LogP contribution in [0.5, 0.6) is 23.1 Å². The Labute approximate surface area is 203 Å². The fraction of sp³-hybridized carbons (Fsp3) is 0.0800. The zero-order chi connectivity index (χ0) is 24.4. The highest BCUT2D eigenvalue weighted by Gasteiger charge is 2.19. The first-order valence-electron chi connectivity index (χ1n) is 10.5. The fourth-order valence-electron chi connectivity index (χ4n) is 3.46. The molecule has 8 nitrogen and oxygen atoms in total. The predicted octanol–water partition coefficient (Wildman–Crippen LogP) is 4.50. The number of primary amides is 1. The van der Waals surface area contributed by atoms with E-state index in [0.29, 0.717) is 33.9 Å². The van der Waals surface area contributed by atoms with Crippen LogP contribution >= 0.6 is 11.3 Å². The van der Waals surface area contributed by atoms with Gasteiger partial charge in [-0.05, 0) is 41.5 Å². The minimum Gasteiger partial charge on any atom is -0.454 e. The van der Waals surface area contributed by atoms with Crippen LogP contribution in [-0.4, -0.2) is 23.6 Å². The van der Waals surface area contributed by atoms with Gasteiger partial charge in [0.05, 0.1) is 5.51 Å². The highest BCUT2D eigenvalue weighted by atomic mass is 32.1. The molecule has 1 aliphatic heterocycles. The summed E-state index contributed by atoms with van der Waals surface area (Å²) in [6.45, 7) is 0.120. The van der Waals surface area contributed by atoms with E-state index >= 15 is 0 Å². The normalized spacial score (nSPS) is 11.8. The van der Waals surface area contributed by atoms with E-state index in [4.69, 9.17) is 19.9 Å². The van der Waals surface area contributed by atoms with Crippen LogP contribution in [0.25, 0.3) is 11.1 Å². The Morgan fingerprint density at radius 3 is 2.57 bits per heavy atom. The van der Waals surface area contributed by atoms with Gasteiger partial charge < -0.3 is 25.3 Å². The van der Waals surface area contributed by atoms with Gasteiger partial charge in [0.1, 0.15) is 11.6 Å². The number of nitrogens with zero attached hydrogens (tertiary/aromatic N) is 1. The number of hydrogen-bond donors (Lipinski definition) is 2. The second-order valence-corrected chi connectivity index (χ2v) is 8.39. The average molecular weight is 492 g/mol. The molecule has 0 atom stereocenters. The molecule has 0 unspecified atom stereocenters.